The molecule has 0 aliphatic rings. The van der Waals surface area contributed by atoms with E-state index in [-0.39, 0.29) is 12.5 Å². The highest BCUT2D eigenvalue weighted by molar-refractivity contribution is 6.30. The van der Waals surface area contributed by atoms with Crippen molar-refractivity contribution in [3.8, 4) is 5.69 Å². The van der Waals surface area contributed by atoms with E-state index in [1.54, 1.807) is 22.9 Å². The fourth-order valence-corrected chi connectivity index (χ4v) is 2.90. The van der Waals surface area contributed by atoms with Gasteiger partial charge in [0.15, 0.2) is 5.82 Å². The number of aromatic nitrogens is 4. The highest BCUT2D eigenvalue weighted by Gasteiger charge is 2.13. The van der Waals surface area contributed by atoms with E-state index in [0.29, 0.717) is 16.4 Å². The predicted molar refractivity (Wildman–Crippen MR) is 99.3 cm³/mol. The van der Waals surface area contributed by atoms with E-state index in [0.717, 1.165) is 16.5 Å². The fraction of sp³-hybridized carbons (Fsp3) is 0.0526. The second-order valence-electron chi connectivity index (χ2n) is 5.69. The summed E-state index contributed by atoms with van der Waals surface area (Å²) in [7, 11) is 0. The van der Waals surface area contributed by atoms with Gasteiger partial charge in [0, 0.05) is 10.6 Å². The predicted octanol–water partition coefficient (Wildman–Crippen LogP) is 3.40. The quantitative estimate of drug-likeness (QED) is 0.603. The molecule has 4 aromatic rings. The van der Waals surface area contributed by atoms with Gasteiger partial charge in [-0.1, -0.05) is 48.0 Å². The molecule has 0 aliphatic carbocycles. The number of rotatable bonds is 4. The van der Waals surface area contributed by atoms with Crippen LogP contribution in [0.3, 0.4) is 0 Å². The molecule has 1 heterocycles. The van der Waals surface area contributed by atoms with Crippen LogP contribution in [0.1, 0.15) is 16.2 Å². The normalized spacial score (nSPS) is 10.8. The van der Waals surface area contributed by atoms with Crippen LogP contribution in [0.15, 0.2) is 66.7 Å². The molecule has 3 aromatic carbocycles. The number of tetrazole rings is 1. The molecule has 0 unspecified atom stereocenters. The smallest absolute Gasteiger partial charge is 0.252 e. The van der Waals surface area contributed by atoms with Gasteiger partial charge in [0.25, 0.3) is 5.91 Å². The van der Waals surface area contributed by atoms with Gasteiger partial charge in [0.2, 0.25) is 0 Å². The first-order valence-electron chi connectivity index (χ1n) is 8.01. The summed E-state index contributed by atoms with van der Waals surface area (Å²) >= 11 is 5.91. The minimum Gasteiger partial charge on any atom is -0.345 e. The van der Waals surface area contributed by atoms with Gasteiger partial charge in [-0.05, 0) is 51.5 Å². The van der Waals surface area contributed by atoms with E-state index in [9.17, 15) is 4.79 Å². The van der Waals surface area contributed by atoms with Gasteiger partial charge < -0.3 is 5.32 Å². The number of fused-ring (bicyclic) bond motifs is 1. The summed E-state index contributed by atoms with van der Waals surface area (Å²) < 4.78 is 1.57. The van der Waals surface area contributed by atoms with Crippen molar-refractivity contribution in [2.45, 2.75) is 6.54 Å². The lowest BCUT2D eigenvalue weighted by atomic mass is 10.0. The van der Waals surface area contributed by atoms with Gasteiger partial charge in [-0.25, -0.2) is 0 Å². The van der Waals surface area contributed by atoms with Crippen LogP contribution >= 0.6 is 11.6 Å². The van der Waals surface area contributed by atoms with Crippen molar-refractivity contribution in [3.05, 3.63) is 83.1 Å². The van der Waals surface area contributed by atoms with Gasteiger partial charge in [0.1, 0.15) is 0 Å². The second kappa shape index (κ2) is 6.93. The Morgan fingerprint density at radius 2 is 1.77 bits per heavy atom. The third-order valence-corrected chi connectivity index (χ3v) is 4.30. The van der Waals surface area contributed by atoms with Crippen molar-refractivity contribution >= 4 is 28.3 Å². The number of carbonyl (C=O) groups is 1. The number of hydrogen-bond donors (Lipinski definition) is 1. The zero-order valence-electron chi connectivity index (χ0n) is 13.6. The van der Waals surface area contributed by atoms with Gasteiger partial charge in [-0.3, -0.25) is 4.79 Å². The average Bonchev–Trinajstić information content (AvgIpc) is 3.15. The average molecular weight is 364 g/mol. The molecule has 0 radical (unpaired) electrons. The van der Waals surface area contributed by atoms with Crippen LogP contribution in [-0.4, -0.2) is 26.1 Å². The highest BCUT2D eigenvalue weighted by atomic mass is 35.5. The minimum atomic E-state index is -0.174. The number of amides is 1. The van der Waals surface area contributed by atoms with Crippen LogP contribution in [0.2, 0.25) is 5.02 Å². The van der Waals surface area contributed by atoms with Crippen LogP contribution in [0, 0.1) is 0 Å². The molecule has 0 saturated carbocycles. The summed E-state index contributed by atoms with van der Waals surface area (Å²) in [5.74, 6) is 0.355. The maximum atomic E-state index is 12.6. The third kappa shape index (κ3) is 3.14. The Labute approximate surface area is 154 Å². The molecule has 0 spiro atoms. The largest absolute Gasteiger partial charge is 0.345 e. The fourth-order valence-electron chi connectivity index (χ4n) is 2.78. The Hall–Kier alpha value is -3.25. The summed E-state index contributed by atoms with van der Waals surface area (Å²) in [5, 5.41) is 17.1. The molecular formula is C19H14ClN5O. The molecule has 128 valence electrons. The first-order valence-corrected chi connectivity index (χ1v) is 8.39. The SMILES string of the molecule is O=C(NCc1nnnn1-c1ccc(Cl)cc1)c1cccc2ccccc12. The minimum absolute atomic E-state index is 0.174. The molecule has 0 saturated heterocycles. The number of carbonyl (C=O) groups excluding carboxylic acids is 1. The number of nitrogens with zero attached hydrogens (tertiary/aromatic N) is 4. The van der Waals surface area contributed by atoms with Crippen LogP contribution in [-0.2, 0) is 6.54 Å². The molecule has 4 rings (SSSR count). The van der Waals surface area contributed by atoms with Crippen molar-refractivity contribution in [3.63, 3.8) is 0 Å². The first kappa shape index (κ1) is 16.2. The van der Waals surface area contributed by atoms with Crippen LogP contribution in [0.4, 0.5) is 0 Å². The van der Waals surface area contributed by atoms with E-state index < -0.39 is 0 Å². The molecular weight excluding hydrogens is 350 g/mol. The maximum Gasteiger partial charge on any atom is 0.252 e. The summed E-state index contributed by atoms with van der Waals surface area (Å²) in [5.41, 5.74) is 1.39. The monoisotopic (exact) mass is 363 g/mol. The van der Waals surface area contributed by atoms with E-state index in [2.05, 4.69) is 20.8 Å². The molecule has 1 amide bonds. The molecule has 0 fully saturated rings. The Kier molecular flexibility index (Phi) is 4.33. The molecule has 1 N–H and O–H groups in total. The van der Waals surface area contributed by atoms with Crippen molar-refractivity contribution in [2.75, 3.05) is 0 Å². The van der Waals surface area contributed by atoms with Crippen molar-refractivity contribution in [2.24, 2.45) is 0 Å². The van der Waals surface area contributed by atoms with Gasteiger partial charge in [0.05, 0.1) is 12.2 Å². The molecule has 0 atom stereocenters. The molecule has 26 heavy (non-hydrogen) atoms. The number of hydrogen-bond acceptors (Lipinski definition) is 4. The van der Waals surface area contributed by atoms with Crippen LogP contribution in [0.25, 0.3) is 16.5 Å². The van der Waals surface area contributed by atoms with Crippen molar-refractivity contribution in [1.82, 2.24) is 25.5 Å². The lowest BCUT2D eigenvalue weighted by molar-refractivity contribution is 0.0951. The van der Waals surface area contributed by atoms with Gasteiger partial charge >= 0.3 is 0 Å². The van der Waals surface area contributed by atoms with Crippen LogP contribution < -0.4 is 5.32 Å². The molecule has 6 nitrogen and oxygen atoms in total. The molecule has 0 bridgehead atoms. The summed E-state index contributed by atoms with van der Waals surface area (Å²) in [6.45, 7) is 0.206. The second-order valence-corrected chi connectivity index (χ2v) is 6.13. The van der Waals surface area contributed by atoms with Crippen LogP contribution in [0.5, 0.6) is 0 Å². The van der Waals surface area contributed by atoms with E-state index in [1.807, 2.05) is 48.5 Å². The molecule has 7 heteroatoms. The Morgan fingerprint density at radius 1 is 1.00 bits per heavy atom. The Morgan fingerprint density at radius 3 is 2.62 bits per heavy atom. The van der Waals surface area contributed by atoms with E-state index in [1.165, 1.54) is 0 Å². The standard InChI is InChI=1S/C19H14ClN5O/c20-14-8-10-15(11-9-14)25-18(22-23-24-25)12-21-19(26)17-7-3-5-13-4-1-2-6-16(13)17/h1-11H,12H2,(H,21,26). The van der Waals surface area contributed by atoms with Gasteiger partial charge in [-0.15, -0.1) is 5.10 Å². The topological polar surface area (TPSA) is 72.7 Å². The molecule has 1 aromatic heterocycles. The first-order chi connectivity index (χ1) is 12.7. The van der Waals surface area contributed by atoms with E-state index in [4.69, 9.17) is 11.6 Å². The Balaban J connectivity index is 1.55. The number of nitrogens with one attached hydrogen (secondary N) is 1. The summed E-state index contributed by atoms with van der Waals surface area (Å²) in [6, 6.07) is 20.6. The lowest BCUT2D eigenvalue weighted by Gasteiger charge is -2.08. The lowest BCUT2D eigenvalue weighted by Crippen LogP contribution is -2.25. The zero-order valence-corrected chi connectivity index (χ0v) is 14.4. The van der Waals surface area contributed by atoms with Crippen molar-refractivity contribution in [1.29, 1.82) is 0 Å². The molecule has 0 aliphatic heterocycles. The maximum absolute atomic E-state index is 12.6. The Bertz CT molecular complexity index is 1070. The third-order valence-electron chi connectivity index (χ3n) is 4.05. The van der Waals surface area contributed by atoms with Gasteiger partial charge in [-0.2, -0.15) is 4.68 Å². The van der Waals surface area contributed by atoms with E-state index >= 15 is 0 Å². The summed E-state index contributed by atoms with van der Waals surface area (Å²) in [6.07, 6.45) is 0. The highest BCUT2D eigenvalue weighted by Crippen LogP contribution is 2.18. The van der Waals surface area contributed by atoms with Crippen molar-refractivity contribution < 1.29 is 4.79 Å². The zero-order chi connectivity index (χ0) is 17.9. The number of benzene rings is 3. The summed E-state index contributed by atoms with van der Waals surface area (Å²) in [4.78, 5) is 12.6. The number of halogens is 1.